The molecule has 3 aromatic carbocycles. The molecule has 0 radical (unpaired) electrons. The fraction of sp³-hybridized carbons (Fsp3) is 0.125. The van der Waals surface area contributed by atoms with Crippen molar-refractivity contribution in [2.75, 3.05) is 17.2 Å². The van der Waals surface area contributed by atoms with Gasteiger partial charge in [0.2, 0.25) is 5.91 Å². The molecule has 1 aromatic heterocycles. The number of hydrogen-bond donors (Lipinski definition) is 0. The number of amides is 1. The lowest BCUT2D eigenvalue weighted by atomic mass is 10.2. The Balaban J connectivity index is 1.44. The molecule has 1 aliphatic heterocycles. The first-order valence-corrected chi connectivity index (χ1v) is 11.1. The van der Waals surface area contributed by atoms with Crippen molar-refractivity contribution in [1.29, 1.82) is 0 Å². The Morgan fingerprint density at radius 1 is 0.906 bits per heavy atom. The number of para-hydroxylation sites is 1. The standard InChI is InChI=1S/C24H18F2N4OS/c25-18-7-5-17(6-8-18)23-27-28-24(30(23)20-11-9-19(26)10-12-20)32-15-22(31)29-14-13-16-3-1-2-4-21(16)29/h1-12H,13-15H2. The van der Waals surface area contributed by atoms with E-state index in [0.29, 0.717) is 28.8 Å². The first kappa shape index (κ1) is 20.4. The highest BCUT2D eigenvalue weighted by atomic mass is 32.2. The summed E-state index contributed by atoms with van der Waals surface area (Å²) in [4.78, 5) is 14.7. The summed E-state index contributed by atoms with van der Waals surface area (Å²) in [6.45, 7) is 0.657. The molecule has 0 unspecified atom stereocenters. The second kappa shape index (κ2) is 8.55. The van der Waals surface area contributed by atoms with Gasteiger partial charge in [0.05, 0.1) is 5.75 Å². The van der Waals surface area contributed by atoms with Crippen molar-refractivity contribution >= 4 is 23.4 Å². The van der Waals surface area contributed by atoms with Crippen molar-refractivity contribution in [3.05, 3.63) is 90.0 Å². The van der Waals surface area contributed by atoms with Crippen molar-refractivity contribution in [2.45, 2.75) is 11.6 Å². The SMILES string of the molecule is O=C(CSc1nnc(-c2ccc(F)cc2)n1-c1ccc(F)cc1)N1CCc2ccccc21. The Morgan fingerprint density at radius 3 is 2.34 bits per heavy atom. The molecule has 4 aromatic rings. The van der Waals surface area contributed by atoms with Crippen LogP contribution in [0.3, 0.4) is 0 Å². The monoisotopic (exact) mass is 448 g/mol. The number of anilines is 1. The highest BCUT2D eigenvalue weighted by Crippen LogP contribution is 2.31. The lowest BCUT2D eigenvalue weighted by molar-refractivity contribution is -0.116. The van der Waals surface area contributed by atoms with Crippen LogP contribution in [-0.2, 0) is 11.2 Å². The zero-order valence-corrected chi connectivity index (χ0v) is 17.7. The Morgan fingerprint density at radius 2 is 1.59 bits per heavy atom. The topological polar surface area (TPSA) is 51.0 Å². The third kappa shape index (κ3) is 3.89. The van der Waals surface area contributed by atoms with Crippen molar-refractivity contribution in [2.24, 2.45) is 0 Å². The minimum Gasteiger partial charge on any atom is -0.311 e. The molecular formula is C24H18F2N4OS. The Hall–Kier alpha value is -3.52. The van der Waals surface area contributed by atoms with Gasteiger partial charge in [0.1, 0.15) is 11.6 Å². The predicted molar refractivity (Wildman–Crippen MR) is 120 cm³/mol. The third-order valence-corrected chi connectivity index (χ3v) is 6.25. The molecule has 2 heterocycles. The molecule has 0 saturated carbocycles. The summed E-state index contributed by atoms with van der Waals surface area (Å²) in [5.74, 6) is -0.0678. The fourth-order valence-electron chi connectivity index (χ4n) is 3.77. The number of nitrogens with zero attached hydrogens (tertiary/aromatic N) is 4. The van der Waals surface area contributed by atoms with Gasteiger partial charge in [0.15, 0.2) is 11.0 Å². The summed E-state index contributed by atoms with van der Waals surface area (Å²) >= 11 is 1.26. The van der Waals surface area contributed by atoms with Crippen LogP contribution >= 0.6 is 11.8 Å². The van der Waals surface area contributed by atoms with E-state index in [9.17, 15) is 13.6 Å². The van der Waals surface area contributed by atoms with Gasteiger partial charge in [-0.1, -0.05) is 30.0 Å². The first-order chi connectivity index (χ1) is 15.6. The van der Waals surface area contributed by atoms with E-state index in [-0.39, 0.29) is 23.3 Å². The van der Waals surface area contributed by atoms with Gasteiger partial charge in [-0.25, -0.2) is 8.78 Å². The molecule has 160 valence electrons. The Labute approximate surface area is 187 Å². The predicted octanol–water partition coefficient (Wildman–Crippen LogP) is 4.89. The van der Waals surface area contributed by atoms with Gasteiger partial charge in [-0.2, -0.15) is 0 Å². The minimum absolute atomic E-state index is 0.0167. The van der Waals surface area contributed by atoms with Crippen LogP contribution in [0.15, 0.2) is 78.0 Å². The molecule has 1 aliphatic rings. The highest BCUT2D eigenvalue weighted by molar-refractivity contribution is 7.99. The maximum absolute atomic E-state index is 13.5. The molecule has 0 saturated heterocycles. The van der Waals surface area contributed by atoms with E-state index in [1.807, 2.05) is 24.3 Å². The molecule has 1 amide bonds. The van der Waals surface area contributed by atoms with Gasteiger partial charge in [0.25, 0.3) is 0 Å². The molecule has 5 rings (SSSR count). The summed E-state index contributed by atoms with van der Waals surface area (Å²) in [5.41, 5.74) is 3.43. The average Bonchev–Trinajstić information content (AvgIpc) is 3.43. The molecule has 8 heteroatoms. The van der Waals surface area contributed by atoms with Gasteiger partial charge >= 0.3 is 0 Å². The van der Waals surface area contributed by atoms with E-state index >= 15 is 0 Å². The van der Waals surface area contributed by atoms with E-state index in [2.05, 4.69) is 10.2 Å². The maximum atomic E-state index is 13.5. The molecule has 0 N–H and O–H groups in total. The van der Waals surface area contributed by atoms with Crippen LogP contribution < -0.4 is 4.90 Å². The van der Waals surface area contributed by atoms with Gasteiger partial charge < -0.3 is 4.90 Å². The number of carbonyl (C=O) groups is 1. The maximum Gasteiger partial charge on any atom is 0.237 e. The van der Waals surface area contributed by atoms with E-state index < -0.39 is 0 Å². The quantitative estimate of drug-likeness (QED) is 0.408. The number of carbonyl (C=O) groups excluding carboxylic acids is 1. The third-order valence-electron chi connectivity index (χ3n) is 5.33. The number of aromatic nitrogens is 3. The highest BCUT2D eigenvalue weighted by Gasteiger charge is 2.25. The molecule has 0 bridgehead atoms. The molecular weight excluding hydrogens is 430 g/mol. The second-order valence-electron chi connectivity index (χ2n) is 7.34. The number of rotatable bonds is 5. The van der Waals surface area contributed by atoms with Crippen molar-refractivity contribution < 1.29 is 13.6 Å². The van der Waals surface area contributed by atoms with Gasteiger partial charge in [-0.15, -0.1) is 10.2 Å². The summed E-state index contributed by atoms with van der Waals surface area (Å²) in [7, 11) is 0. The number of benzene rings is 3. The van der Waals surface area contributed by atoms with E-state index in [0.717, 1.165) is 12.1 Å². The largest absolute Gasteiger partial charge is 0.311 e. The normalized spacial score (nSPS) is 12.8. The number of fused-ring (bicyclic) bond motifs is 1. The first-order valence-electron chi connectivity index (χ1n) is 10.1. The van der Waals surface area contributed by atoms with Crippen LogP contribution in [0.25, 0.3) is 17.1 Å². The Bertz CT molecular complexity index is 1270. The fourth-order valence-corrected chi connectivity index (χ4v) is 4.60. The number of hydrogen-bond acceptors (Lipinski definition) is 4. The summed E-state index contributed by atoms with van der Waals surface area (Å²) in [6, 6.07) is 19.8. The van der Waals surface area contributed by atoms with Crippen LogP contribution in [-0.4, -0.2) is 33.0 Å². The van der Waals surface area contributed by atoms with Crippen molar-refractivity contribution in [1.82, 2.24) is 14.8 Å². The van der Waals surface area contributed by atoms with Crippen LogP contribution in [0, 0.1) is 11.6 Å². The number of halogens is 2. The van der Waals surface area contributed by atoms with Gasteiger partial charge in [-0.05, 0) is 66.6 Å². The van der Waals surface area contributed by atoms with Crippen LogP contribution in [0.4, 0.5) is 14.5 Å². The molecule has 0 aliphatic carbocycles. The van der Waals surface area contributed by atoms with Crippen molar-refractivity contribution in [3.63, 3.8) is 0 Å². The smallest absolute Gasteiger partial charge is 0.237 e. The summed E-state index contributed by atoms with van der Waals surface area (Å²) < 4.78 is 28.7. The lowest BCUT2D eigenvalue weighted by Crippen LogP contribution is -2.30. The van der Waals surface area contributed by atoms with Gasteiger partial charge in [0, 0.05) is 23.5 Å². The zero-order valence-electron chi connectivity index (χ0n) is 16.9. The summed E-state index contributed by atoms with van der Waals surface area (Å²) in [5, 5.41) is 9.05. The van der Waals surface area contributed by atoms with E-state index in [4.69, 9.17) is 0 Å². The van der Waals surface area contributed by atoms with E-state index in [1.165, 1.54) is 41.6 Å². The second-order valence-corrected chi connectivity index (χ2v) is 8.28. The Kier molecular flexibility index (Phi) is 5.45. The van der Waals surface area contributed by atoms with Crippen LogP contribution in [0.1, 0.15) is 5.56 Å². The molecule has 5 nitrogen and oxygen atoms in total. The molecule has 32 heavy (non-hydrogen) atoms. The number of thioether (sulfide) groups is 1. The zero-order chi connectivity index (χ0) is 22.1. The molecule has 0 spiro atoms. The van der Waals surface area contributed by atoms with Gasteiger partial charge in [-0.3, -0.25) is 9.36 Å². The van der Waals surface area contributed by atoms with Crippen molar-refractivity contribution in [3.8, 4) is 17.1 Å². The van der Waals surface area contributed by atoms with Crippen LogP contribution in [0.2, 0.25) is 0 Å². The summed E-state index contributed by atoms with van der Waals surface area (Å²) in [6.07, 6.45) is 0.840. The van der Waals surface area contributed by atoms with Crippen LogP contribution in [0.5, 0.6) is 0 Å². The molecule has 0 fully saturated rings. The molecule has 0 atom stereocenters. The lowest BCUT2D eigenvalue weighted by Gasteiger charge is -2.17. The van der Waals surface area contributed by atoms with E-state index in [1.54, 1.807) is 33.7 Å². The average molecular weight is 448 g/mol. The minimum atomic E-state index is -0.359.